The summed E-state index contributed by atoms with van der Waals surface area (Å²) in [6, 6.07) is 9.89. The monoisotopic (exact) mass is 277 g/mol. The van der Waals surface area contributed by atoms with Crippen LogP contribution in [0, 0.1) is 6.92 Å². The lowest BCUT2D eigenvalue weighted by atomic mass is 10.1. The maximum atomic E-state index is 5.81. The van der Waals surface area contributed by atoms with Crippen LogP contribution in [0.15, 0.2) is 30.3 Å². The third kappa shape index (κ3) is 3.83. The normalized spacial score (nSPS) is 10.3. The molecule has 19 heavy (non-hydrogen) atoms. The van der Waals surface area contributed by atoms with E-state index in [9.17, 15) is 0 Å². The van der Waals surface area contributed by atoms with Gasteiger partial charge in [-0.3, -0.25) is 0 Å². The number of aromatic nitrogens is 2. The van der Waals surface area contributed by atoms with Crippen molar-refractivity contribution in [3.8, 4) is 5.88 Å². The van der Waals surface area contributed by atoms with Gasteiger partial charge in [-0.25, -0.2) is 4.98 Å². The molecule has 0 atom stereocenters. The Kier molecular flexibility index (Phi) is 4.58. The maximum Gasteiger partial charge on any atom is 0.226 e. The number of nitrogens with zero attached hydrogens (tertiary/aromatic N) is 2. The Morgan fingerprint density at radius 1 is 1.21 bits per heavy atom. The molecule has 0 aliphatic rings. The first-order valence-corrected chi connectivity index (χ1v) is 6.52. The van der Waals surface area contributed by atoms with Gasteiger partial charge in [-0.05, 0) is 18.1 Å². The molecule has 0 radical (unpaired) electrons. The summed E-state index contributed by atoms with van der Waals surface area (Å²) in [6.45, 7) is 2.56. The molecule has 0 saturated carbocycles. The second-order valence-corrected chi connectivity index (χ2v) is 4.45. The van der Waals surface area contributed by atoms with E-state index in [1.54, 1.807) is 13.2 Å². The summed E-state index contributed by atoms with van der Waals surface area (Å²) in [6.07, 6.45) is 0. The van der Waals surface area contributed by atoms with E-state index in [4.69, 9.17) is 16.3 Å². The van der Waals surface area contributed by atoms with Gasteiger partial charge in [0.1, 0.15) is 0 Å². The van der Waals surface area contributed by atoms with Crippen molar-refractivity contribution in [3.05, 3.63) is 47.2 Å². The van der Waals surface area contributed by atoms with E-state index in [2.05, 4.69) is 21.4 Å². The van der Waals surface area contributed by atoms with Crippen molar-refractivity contribution in [3.63, 3.8) is 0 Å². The largest absolute Gasteiger partial charge is 0.481 e. The van der Waals surface area contributed by atoms with Crippen LogP contribution in [0.5, 0.6) is 5.88 Å². The van der Waals surface area contributed by atoms with Gasteiger partial charge in [0.2, 0.25) is 11.8 Å². The molecule has 1 aromatic carbocycles. The molecule has 5 heteroatoms. The zero-order chi connectivity index (χ0) is 13.7. The molecule has 0 saturated heterocycles. The van der Waals surface area contributed by atoms with Crippen LogP contribution in [0.2, 0.25) is 0 Å². The summed E-state index contributed by atoms with van der Waals surface area (Å²) < 4.78 is 5.12. The van der Waals surface area contributed by atoms with Crippen LogP contribution in [0.25, 0.3) is 0 Å². The van der Waals surface area contributed by atoms with Gasteiger partial charge in [-0.1, -0.05) is 24.3 Å². The van der Waals surface area contributed by atoms with E-state index in [1.165, 1.54) is 0 Å². The highest BCUT2D eigenvalue weighted by Gasteiger charge is 2.02. The lowest BCUT2D eigenvalue weighted by Gasteiger charge is -2.08. The van der Waals surface area contributed by atoms with E-state index in [0.717, 1.165) is 16.8 Å². The fourth-order valence-electron chi connectivity index (χ4n) is 1.73. The summed E-state index contributed by atoms with van der Waals surface area (Å²) in [7, 11) is 1.59. The lowest BCUT2D eigenvalue weighted by molar-refractivity contribution is 0.397. The second-order valence-electron chi connectivity index (χ2n) is 4.18. The Hall–Kier alpha value is -1.81. The molecule has 0 amide bonds. The first-order chi connectivity index (χ1) is 9.21. The van der Waals surface area contributed by atoms with Crippen LogP contribution in [-0.2, 0) is 12.4 Å². The second kappa shape index (κ2) is 6.38. The van der Waals surface area contributed by atoms with Gasteiger partial charge in [-0.15, -0.1) is 11.6 Å². The number of anilines is 1. The Morgan fingerprint density at radius 2 is 2.00 bits per heavy atom. The summed E-state index contributed by atoms with van der Waals surface area (Å²) in [5.41, 5.74) is 3.11. The highest BCUT2D eigenvalue weighted by atomic mass is 35.5. The molecule has 4 nitrogen and oxygen atoms in total. The predicted molar refractivity (Wildman–Crippen MR) is 76.6 cm³/mol. The molecule has 1 heterocycles. The number of hydrogen-bond acceptors (Lipinski definition) is 4. The number of ether oxygens (including phenoxy) is 1. The van der Waals surface area contributed by atoms with Gasteiger partial charge in [0, 0.05) is 24.2 Å². The average molecular weight is 278 g/mol. The standard InChI is InChI=1S/C14H16ClN3O/c1-10-6-13(19-2)18-14(17-10)16-9-12-5-3-4-11(7-12)8-15/h3-7H,8-9H2,1-2H3,(H,16,17,18). The van der Waals surface area contributed by atoms with Crippen LogP contribution >= 0.6 is 11.6 Å². The quantitative estimate of drug-likeness (QED) is 0.853. The molecular weight excluding hydrogens is 262 g/mol. The van der Waals surface area contributed by atoms with Gasteiger partial charge in [0.15, 0.2) is 0 Å². The van der Waals surface area contributed by atoms with Gasteiger partial charge >= 0.3 is 0 Å². The number of rotatable bonds is 5. The molecule has 0 unspecified atom stereocenters. The summed E-state index contributed by atoms with van der Waals surface area (Å²) in [4.78, 5) is 8.55. The van der Waals surface area contributed by atoms with E-state index < -0.39 is 0 Å². The van der Waals surface area contributed by atoms with Crippen LogP contribution in [-0.4, -0.2) is 17.1 Å². The number of hydrogen-bond donors (Lipinski definition) is 1. The number of alkyl halides is 1. The van der Waals surface area contributed by atoms with Gasteiger partial charge in [0.25, 0.3) is 0 Å². The van der Waals surface area contributed by atoms with Crippen molar-refractivity contribution in [2.75, 3.05) is 12.4 Å². The number of halogens is 1. The van der Waals surface area contributed by atoms with Crippen LogP contribution < -0.4 is 10.1 Å². The smallest absolute Gasteiger partial charge is 0.226 e. The zero-order valence-corrected chi connectivity index (χ0v) is 11.7. The molecule has 1 N–H and O–H groups in total. The number of methoxy groups -OCH3 is 1. The molecule has 0 aliphatic carbocycles. The van der Waals surface area contributed by atoms with Crippen molar-refractivity contribution in [1.82, 2.24) is 9.97 Å². The SMILES string of the molecule is COc1cc(C)nc(NCc2cccc(CCl)c2)n1. The third-order valence-electron chi connectivity index (χ3n) is 2.64. The molecule has 0 spiro atoms. The van der Waals surface area contributed by atoms with Crippen molar-refractivity contribution >= 4 is 17.5 Å². The minimum atomic E-state index is 0.516. The molecule has 0 fully saturated rings. The Balaban J connectivity index is 2.07. The topological polar surface area (TPSA) is 47.0 Å². The van der Waals surface area contributed by atoms with E-state index >= 15 is 0 Å². The highest BCUT2D eigenvalue weighted by molar-refractivity contribution is 6.17. The lowest BCUT2D eigenvalue weighted by Crippen LogP contribution is -2.05. The molecule has 0 bridgehead atoms. The minimum absolute atomic E-state index is 0.516. The van der Waals surface area contributed by atoms with Crippen molar-refractivity contribution in [1.29, 1.82) is 0 Å². The molecule has 0 aliphatic heterocycles. The zero-order valence-electron chi connectivity index (χ0n) is 11.0. The van der Waals surface area contributed by atoms with E-state index in [1.807, 2.05) is 25.1 Å². The first-order valence-electron chi connectivity index (χ1n) is 5.98. The molecule has 2 rings (SSSR count). The molecule has 2 aromatic rings. The molecule has 1 aromatic heterocycles. The van der Waals surface area contributed by atoms with Gasteiger partial charge in [-0.2, -0.15) is 4.98 Å². The number of benzene rings is 1. The van der Waals surface area contributed by atoms with Crippen LogP contribution in [0.3, 0.4) is 0 Å². The van der Waals surface area contributed by atoms with Crippen molar-refractivity contribution in [2.45, 2.75) is 19.3 Å². The van der Waals surface area contributed by atoms with Crippen LogP contribution in [0.4, 0.5) is 5.95 Å². The molecule has 100 valence electrons. The maximum absolute atomic E-state index is 5.81. The summed E-state index contributed by atoms with van der Waals surface area (Å²) in [5.74, 6) is 1.64. The Morgan fingerprint density at radius 3 is 2.74 bits per heavy atom. The Labute approximate surface area is 117 Å². The number of nitrogens with one attached hydrogen (secondary N) is 1. The fourth-order valence-corrected chi connectivity index (χ4v) is 1.89. The van der Waals surface area contributed by atoms with E-state index in [0.29, 0.717) is 24.3 Å². The summed E-state index contributed by atoms with van der Waals surface area (Å²) in [5, 5.41) is 3.18. The molecular formula is C14H16ClN3O. The summed E-state index contributed by atoms with van der Waals surface area (Å²) >= 11 is 5.81. The van der Waals surface area contributed by atoms with E-state index in [-0.39, 0.29) is 0 Å². The van der Waals surface area contributed by atoms with Gasteiger partial charge in [0.05, 0.1) is 7.11 Å². The first kappa shape index (κ1) is 13.6. The highest BCUT2D eigenvalue weighted by Crippen LogP contribution is 2.13. The Bertz CT molecular complexity index is 560. The average Bonchev–Trinajstić information content (AvgIpc) is 2.44. The van der Waals surface area contributed by atoms with Crippen molar-refractivity contribution in [2.24, 2.45) is 0 Å². The van der Waals surface area contributed by atoms with Gasteiger partial charge < -0.3 is 10.1 Å². The fraction of sp³-hybridized carbons (Fsp3) is 0.286. The predicted octanol–water partition coefficient (Wildman–Crippen LogP) is 3.14. The van der Waals surface area contributed by atoms with Crippen molar-refractivity contribution < 1.29 is 4.74 Å². The number of aryl methyl sites for hydroxylation is 1. The van der Waals surface area contributed by atoms with Crippen LogP contribution in [0.1, 0.15) is 16.8 Å². The third-order valence-corrected chi connectivity index (χ3v) is 2.94. The minimum Gasteiger partial charge on any atom is -0.481 e.